The Bertz CT molecular complexity index is 1960. The number of anilines is 1. The van der Waals surface area contributed by atoms with Gasteiger partial charge in [0.15, 0.2) is 11.2 Å². The molecule has 1 saturated heterocycles. The van der Waals surface area contributed by atoms with Crippen LogP contribution in [0, 0.1) is 11.8 Å². The summed E-state index contributed by atoms with van der Waals surface area (Å²) in [6.45, 7) is 8.56. The van der Waals surface area contributed by atoms with E-state index in [0.29, 0.717) is 19.0 Å². The van der Waals surface area contributed by atoms with Crippen molar-refractivity contribution in [2.75, 3.05) is 18.0 Å². The van der Waals surface area contributed by atoms with Crippen LogP contribution < -0.4 is 27.0 Å². The van der Waals surface area contributed by atoms with Gasteiger partial charge >= 0.3 is 11.8 Å². The molecule has 1 fully saturated rings. The van der Waals surface area contributed by atoms with E-state index in [9.17, 15) is 19.2 Å². The number of piperidine rings is 1. The van der Waals surface area contributed by atoms with E-state index in [2.05, 4.69) is 17.2 Å². The van der Waals surface area contributed by atoms with E-state index in [-0.39, 0.29) is 35.9 Å². The lowest BCUT2D eigenvalue weighted by molar-refractivity contribution is 0.0499. The van der Waals surface area contributed by atoms with Gasteiger partial charge in [0.2, 0.25) is 5.95 Å². The summed E-state index contributed by atoms with van der Waals surface area (Å²) in [6.07, 6.45) is 1.08. The lowest BCUT2D eigenvalue weighted by Crippen LogP contribution is -2.49. The lowest BCUT2D eigenvalue weighted by Gasteiger charge is -2.34. The van der Waals surface area contributed by atoms with Crippen LogP contribution in [0.15, 0.2) is 44.7 Å². The minimum absolute atomic E-state index is 0.0474. The van der Waals surface area contributed by atoms with Crippen molar-refractivity contribution in [2.24, 2.45) is 14.1 Å². The molecular formula is C31H37N7O5. The summed E-state index contributed by atoms with van der Waals surface area (Å²) < 4.78 is 11.4. The van der Waals surface area contributed by atoms with Crippen molar-refractivity contribution < 1.29 is 9.53 Å². The monoisotopic (exact) mass is 587 g/mol. The number of imidazole rings is 1. The normalized spacial score (nSPS) is 15.4. The van der Waals surface area contributed by atoms with Gasteiger partial charge in [0.25, 0.3) is 11.1 Å². The molecule has 0 bridgehead atoms. The average Bonchev–Trinajstić information content (AvgIpc) is 3.34. The fraction of sp³-hybridized carbons (Fsp3) is 0.452. The van der Waals surface area contributed by atoms with Gasteiger partial charge in [-0.25, -0.2) is 9.59 Å². The van der Waals surface area contributed by atoms with Gasteiger partial charge in [-0.05, 0) is 69.7 Å². The van der Waals surface area contributed by atoms with Gasteiger partial charge in [-0.3, -0.25) is 23.3 Å². The second-order valence-corrected chi connectivity index (χ2v) is 11.9. The first-order chi connectivity index (χ1) is 20.4. The van der Waals surface area contributed by atoms with E-state index in [1.165, 1.54) is 15.2 Å². The standard InChI is InChI=1S/C31H37N7O5/c1-7-8-16-37-25-26(33-28(37)36-15-9-10-22(19-36)32-29(41)43-31(2,3)4)35(6)30(42)38(27(25)40)18-20-11-13-23-21(17-20)12-14-24(39)34(23)5/h11-14,17,22H,9-10,15-16,18-19H2,1-6H3,(H,32,41). The number of hydrogen-bond acceptors (Lipinski definition) is 7. The Kier molecular flexibility index (Phi) is 7.92. The minimum atomic E-state index is -0.610. The van der Waals surface area contributed by atoms with Crippen molar-refractivity contribution in [2.45, 2.75) is 65.3 Å². The lowest BCUT2D eigenvalue weighted by atomic mass is 10.1. The molecule has 1 aliphatic heterocycles. The molecule has 3 aromatic heterocycles. The van der Waals surface area contributed by atoms with Crippen molar-refractivity contribution in [1.29, 1.82) is 0 Å². The fourth-order valence-electron chi connectivity index (χ4n) is 5.52. The number of aromatic nitrogens is 5. The Morgan fingerprint density at radius 2 is 1.86 bits per heavy atom. The maximum atomic E-state index is 14.0. The number of benzene rings is 1. The van der Waals surface area contributed by atoms with E-state index in [1.807, 2.05) is 43.9 Å². The molecule has 1 unspecified atom stereocenters. The quantitative estimate of drug-likeness (QED) is 0.355. The van der Waals surface area contributed by atoms with Gasteiger partial charge < -0.3 is 19.5 Å². The van der Waals surface area contributed by atoms with Crippen LogP contribution in [0.25, 0.3) is 22.1 Å². The third-order valence-corrected chi connectivity index (χ3v) is 7.58. The van der Waals surface area contributed by atoms with Crippen LogP contribution in [-0.2, 0) is 31.9 Å². The molecule has 4 heterocycles. The summed E-state index contributed by atoms with van der Waals surface area (Å²) >= 11 is 0. The first-order valence-electron chi connectivity index (χ1n) is 14.3. The molecule has 12 heteroatoms. The Morgan fingerprint density at radius 1 is 1.09 bits per heavy atom. The largest absolute Gasteiger partial charge is 0.444 e. The minimum Gasteiger partial charge on any atom is -0.444 e. The Labute approximate surface area is 248 Å². The Balaban J connectivity index is 1.55. The summed E-state index contributed by atoms with van der Waals surface area (Å²) in [5.74, 6) is 6.45. The topological polar surface area (TPSA) is 125 Å². The zero-order valence-electron chi connectivity index (χ0n) is 25.4. The Hall–Kier alpha value is -4.79. The molecule has 5 rings (SSSR count). The first-order valence-corrected chi connectivity index (χ1v) is 14.3. The molecule has 0 spiro atoms. The van der Waals surface area contributed by atoms with Crippen molar-refractivity contribution in [3.63, 3.8) is 0 Å². The molecule has 0 radical (unpaired) electrons. The van der Waals surface area contributed by atoms with Crippen LogP contribution in [0.2, 0.25) is 0 Å². The number of rotatable bonds is 5. The van der Waals surface area contributed by atoms with E-state index < -0.39 is 22.9 Å². The highest BCUT2D eigenvalue weighted by atomic mass is 16.6. The molecule has 1 aromatic carbocycles. The number of alkyl carbamates (subject to hydrolysis) is 1. The molecule has 1 atom stereocenters. The molecule has 1 aliphatic rings. The van der Waals surface area contributed by atoms with Crippen LogP contribution in [0.1, 0.15) is 46.1 Å². The highest BCUT2D eigenvalue weighted by Gasteiger charge is 2.29. The third-order valence-electron chi connectivity index (χ3n) is 7.58. The number of ether oxygens (including phenoxy) is 1. The molecule has 226 valence electrons. The molecule has 43 heavy (non-hydrogen) atoms. The average molecular weight is 588 g/mol. The van der Waals surface area contributed by atoms with Gasteiger partial charge in [-0.15, -0.1) is 5.92 Å². The van der Waals surface area contributed by atoms with Gasteiger partial charge in [0.1, 0.15) is 5.60 Å². The van der Waals surface area contributed by atoms with Gasteiger partial charge in [-0.2, -0.15) is 4.98 Å². The predicted molar refractivity (Wildman–Crippen MR) is 166 cm³/mol. The van der Waals surface area contributed by atoms with Crippen LogP contribution >= 0.6 is 0 Å². The summed E-state index contributed by atoms with van der Waals surface area (Å²) in [5.41, 5.74) is 0.386. The smallest absolute Gasteiger partial charge is 0.407 e. The van der Waals surface area contributed by atoms with E-state index in [0.717, 1.165) is 29.3 Å². The predicted octanol–water partition coefficient (Wildman–Crippen LogP) is 2.31. The zero-order chi connectivity index (χ0) is 31.1. The third kappa shape index (κ3) is 5.93. The van der Waals surface area contributed by atoms with Crippen molar-refractivity contribution in [3.8, 4) is 11.8 Å². The van der Waals surface area contributed by atoms with Crippen LogP contribution in [0.5, 0.6) is 0 Å². The maximum absolute atomic E-state index is 14.0. The molecule has 4 aromatic rings. The second kappa shape index (κ2) is 11.5. The van der Waals surface area contributed by atoms with Crippen LogP contribution in [-0.4, -0.2) is 54.1 Å². The highest BCUT2D eigenvalue weighted by molar-refractivity contribution is 5.80. The summed E-state index contributed by atoms with van der Waals surface area (Å²) in [7, 11) is 3.31. The summed E-state index contributed by atoms with van der Waals surface area (Å²) in [5, 5.41) is 3.78. The maximum Gasteiger partial charge on any atom is 0.407 e. The number of aryl methyl sites for hydroxylation is 2. The number of nitrogens with one attached hydrogen (secondary N) is 1. The van der Waals surface area contributed by atoms with Crippen LogP contribution in [0.3, 0.4) is 0 Å². The molecule has 0 saturated carbocycles. The van der Waals surface area contributed by atoms with Crippen molar-refractivity contribution >= 4 is 34.1 Å². The van der Waals surface area contributed by atoms with E-state index >= 15 is 0 Å². The van der Waals surface area contributed by atoms with Crippen molar-refractivity contribution in [3.05, 3.63) is 67.1 Å². The van der Waals surface area contributed by atoms with E-state index in [4.69, 9.17) is 9.72 Å². The number of nitrogens with zero attached hydrogens (tertiary/aromatic N) is 6. The van der Waals surface area contributed by atoms with Crippen molar-refractivity contribution in [1.82, 2.24) is 28.6 Å². The van der Waals surface area contributed by atoms with Gasteiger partial charge in [-0.1, -0.05) is 12.0 Å². The van der Waals surface area contributed by atoms with Gasteiger partial charge in [0.05, 0.1) is 18.6 Å². The van der Waals surface area contributed by atoms with E-state index in [1.54, 1.807) is 36.2 Å². The zero-order valence-corrected chi connectivity index (χ0v) is 25.4. The molecule has 1 N–H and O–H groups in total. The van der Waals surface area contributed by atoms with Crippen LogP contribution in [0.4, 0.5) is 10.7 Å². The molecule has 0 aliphatic carbocycles. The number of hydrogen-bond donors (Lipinski definition) is 1. The highest BCUT2D eigenvalue weighted by Crippen LogP contribution is 2.24. The first kappa shape index (κ1) is 29.7. The summed E-state index contributed by atoms with van der Waals surface area (Å²) in [6, 6.07) is 8.56. The SMILES string of the molecule is CC#CCn1c(N2CCCC(NC(=O)OC(C)(C)C)C2)nc2c1c(=O)n(Cc1ccc3c(ccc(=O)n3C)c1)c(=O)n2C. The molecule has 12 nitrogen and oxygen atoms in total. The molecule has 1 amide bonds. The number of amides is 1. The number of carbonyl (C=O) groups is 1. The number of pyridine rings is 1. The molecular weight excluding hydrogens is 550 g/mol. The number of carbonyl (C=O) groups excluding carboxylic acids is 1. The second-order valence-electron chi connectivity index (χ2n) is 11.9. The van der Waals surface area contributed by atoms with Gasteiger partial charge in [0, 0.05) is 39.3 Å². The Morgan fingerprint density at radius 3 is 2.58 bits per heavy atom. The summed E-state index contributed by atoms with van der Waals surface area (Å²) in [4.78, 5) is 58.8. The number of fused-ring (bicyclic) bond motifs is 2. The fourth-order valence-corrected chi connectivity index (χ4v) is 5.52.